The van der Waals surface area contributed by atoms with Crippen molar-refractivity contribution in [1.82, 2.24) is 10.3 Å². The van der Waals surface area contributed by atoms with Crippen LogP contribution in [0.2, 0.25) is 0 Å². The lowest BCUT2D eigenvalue weighted by molar-refractivity contribution is -0.180. The zero-order valence-corrected chi connectivity index (χ0v) is 22.4. The Bertz CT molecular complexity index is 1060. The second-order valence-electron chi connectivity index (χ2n) is 9.96. The Labute approximate surface area is 220 Å². The maximum atomic E-state index is 13.1. The van der Waals surface area contributed by atoms with Gasteiger partial charge < -0.3 is 34.1 Å². The van der Waals surface area contributed by atoms with Gasteiger partial charge in [0.25, 0.3) is 5.91 Å². The summed E-state index contributed by atoms with van der Waals surface area (Å²) in [4.78, 5) is 67.6. The number of nitrogens with zero attached hydrogens (tertiary/aromatic N) is 1. The van der Waals surface area contributed by atoms with Gasteiger partial charge in [0.2, 0.25) is 0 Å². The van der Waals surface area contributed by atoms with Crippen molar-refractivity contribution < 1.29 is 52.8 Å². The van der Waals surface area contributed by atoms with Crippen LogP contribution in [-0.2, 0) is 38.1 Å². The van der Waals surface area contributed by atoms with E-state index in [9.17, 15) is 29.1 Å². The summed E-state index contributed by atoms with van der Waals surface area (Å²) in [7, 11) is 1.28. The van der Waals surface area contributed by atoms with Crippen molar-refractivity contribution >= 4 is 29.8 Å². The van der Waals surface area contributed by atoms with Crippen LogP contribution >= 0.6 is 0 Å². The molecule has 0 bridgehead atoms. The fraction of sp³-hybridized carbons (Fsp3) is 0.600. The highest BCUT2D eigenvalue weighted by Gasteiger charge is 2.44. The third kappa shape index (κ3) is 8.05. The molecule has 38 heavy (non-hydrogen) atoms. The van der Waals surface area contributed by atoms with Gasteiger partial charge >= 0.3 is 23.9 Å². The smallest absolute Gasteiger partial charge is 0.332 e. The fourth-order valence-corrected chi connectivity index (χ4v) is 3.44. The predicted octanol–water partition coefficient (Wildman–Crippen LogP) is 1.30. The number of aromatic nitrogens is 1. The molecule has 1 aliphatic heterocycles. The van der Waals surface area contributed by atoms with Gasteiger partial charge in [-0.25, -0.2) is 9.78 Å². The first-order valence-electron chi connectivity index (χ1n) is 12.0. The van der Waals surface area contributed by atoms with Crippen molar-refractivity contribution in [3.63, 3.8) is 0 Å². The summed E-state index contributed by atoms with van der Waals surface area (Å²) in [5, 5.41) is 12.5. The Balaban J connectivity index is 2.34. The molecule has 13 heteroatoms. The first kappa shape index (κ1) is 30.3. The number of hydrogen-bond acceptors (Lipinski definition) is 12. The van der Waals surface area contributed by atoms with Gasteiger partial charge in [0.1, 0.15) is 24.2 Å². The molecular weight excluding hydrogens is 504 g/mol. The topological polar surface area (TPSA) is 177 Å². The lowest BCUT2D eigenvalue weighted by Gasteiger charge is -2.30. The molecule has 2 heterocycles. The SMILES string of the molecule is COc1ccnc(C(=O)NC2COC(=O)C(CC(=O)OC(C)(C)C)C(OC(=O)C(C)C)C(C)OC2=O)c1O. The highest BCUT2D eigenvalue weighted by Crippen LogP contribution is 2.28. The Hall–Kier alpha value is -3.90. The number of carbonyl (C=O) groups excluding carboxylic acids is 5. The summed E-state index contributed by atoms with van der Waals surface area (Å²) >= 11 is 0. The Morgan fingerprint density at radius 1 is 1.21 bits per heavy atom. The molecule has 1 saturated heterocycles. The van der Waals surface area contributed by atoms with Crippen molar-refractivity contribution in [3.05, 3.63) is 18.0 Å². The quantitative estimate of drug-likeness (QED) is 0.376. The molecule has 4 atom stereocenters. The molecule has 210 valence electrons. The highest BCUT2D eigenvalue weighted by atomic mass is 16.6. The summed E-state index contributed by atoms with van der Waals surface area (Å²) in [6.07, 6.45) is -1.91. The number of carbonyl (C=O) groups is 5. The van der Waals surface area contributed by atoms with Gasteiger partial charge in [-0.2, -0.15) is 0 Å². The van der Waals surface area contributed by atoms with Crippen LogP contribution in [0.25, 0.3) is 0 Å². The van der Waals surface area contributed by atoms with E-state index in [0.29, 0.717) is 0 Å². The van der Waals surface area contributed by atoms with Crippen LogP contribution in [0.15, 0.2) is 12.3 Å². The minimum Gasteiger partial charge on any atom is -0.503 e. The number of methoxy groups -OCH3 is 1. The molecule has 0 saturated carbocycles. The summed E-state index contributed by atoms with van der Waals surface area (Å²) in [6.45, 7) is 8.80. The normalized spacial score (nSPS) is 22.2. The molecular formula is C25H34N2O11. The summed E-state index contributed by atoms with van der Waals surface area (Å²) in [5.74, 6) is -6.94. The van der Waals surface area contributed by atoms with E-state index in [2.05, 4.69) is 10.3 Å². The average molecular weight is 539 g/mol. The largest absolute Gasteiger partial charge is 0.503 e. The van der Waals surface area contributed by atoms with Crippen LogP contribution in [0.4, 0.5) is 0 Å². The molecule has 1 amide bonds. The molecule has 4 unspecified atom stereocenters. The van der Waals surface area contributed by atoms with Gasteiger partial charge in [-0.3, -0.25) is 19.2 Å². The zero-order valence-electron chi connectivity index (χ0n) is 22.4. The van der Waals surface area contributed by atoms with E-state index in [0.717, 1.165) is 0 Å². The van der Waals surface area contributed by atoms with E-state index in [1.165, 1.54) is 26.3 Å². The van der Waals surface area contributed by atoms with Crippen LogP contribution in [0.1, 0.15) is 58.5 Å². The molecule has 0 aliphatic carbocycles. The van der Waals surface area contributed by atoms with Crippen molar-refractivity contribution in [3.8, 4) is 11.5 Å². The minimum atomic E-state index is -1.51. The first-order valence-corrected chi connectivity index (χ1v) is 12.0. The van der Waals surface area contributed by atoms with Gasteiger partial charge in [-0.05, 0) is 27.7 Å². The monoisotopic (exact) mass is 538 g/mol. The number of rotatable bonds is 7. The Kier molecular flexibility index (Phi) is 10.0. The minimum absolute atomic E-state index is 0.0259. The van der Waals surface area contributed by atoms with Gasteiger partial charge in [0.05, 0.1) is 19.4 Å². The molecule has 0 aromatic carbocycles. The van der Waals surface area contributed by atoms with E-state index in [4.69, 9.17) is 23.7 Å². The highest BCUT2D eigenvalue weighted by molar-refractivity contribution is 5.98. The van der Waals surface area contributed by atoms with E-state index in [1.54, 1.807) is 34.6 Å². The fourth-order valence-electron chi connectivity index (χ4n) is 3.44. The molecule has 2 rings (SSSR count). The molecule has 13 nitrogen and oxygen atoms in total. The molecule has 0 spiro atoms. The Morgan fingerprint density at radius 3 is 2.45 bits per heavy atom. The Morgan fingerprint density at radius 2 is 1.87 bits per heavy atom. The van der Waals surface area contributed by atoms with Crippen LogP contribution in [0.3, 0.4) is 0 Å². The molecule has 2 N–H and O–H groups in total. The second-order valence-corrected chi connectivity index (χ2v) is 9.96. The summed E-state index contributed by atoms with van der Waals surface area (Å²) in [6, 6.07) is -0.184. The van der Waals surface area contributed by atoms with Crippen LogP contribution < -0.4 is 10.1 Å². The van der Waals surface area contributed by atoms with Gasteiger partial charge in [0.15, 0.2) is 29.3 Å². The lowest BCUT2D eigenvalue weighted by Crippen LogP contribution is -2.47. The van der Waals surface area contributed by atoms with Crippen LogP contribution in [0, 0.1) is 11.8 Å². The first-order chi connectivity index (χ1) is 17.6. The van der Waals surface area contributed by atoms with Crippen molar-refractivity contribution in [1.29, 1.82) is 0 Å². The number of pyridine rings is 1. The number of esters is 4. The van der Waals surface area contributed by atoms with E-state index < -0.39 is 89.9 Å². The third-order valence-corrected chi connectivity index (χ3v) is 5.30. The third-order valence-electron chi connectivity index (χ3n) is 5.30. The number of nitrogens with one attached hydrogen (secondary N) is 1. The molecule has 1 fully saturated rings. The average Bonchev–Trinajstić information content (AvgIpc) is 2.84. The molecule has 0 radical (unpaired) electrons. The van der Waals surface area contributed by atoms with Crippen LogP contribution in [0.5, 0.6) is 11.5 Å². The van der Waals surface area contributed by atoms with Gasteiger partial charge in [-0.15, -0.1) is 0 Å². The molecule has 1 aromatic heterocycles. The lowest BCUT2D eigenvalue weighted by atomic mass is 9.94. The van der Waals surface area contributed by atoms with Gasteiger partial charge in [-0.1, -0.05) is 13.8 Å². The van der Waals surface area contributed by atoms with Crippen molar-refractivity contribution in [2.45, 2.75) is 71.8 Å². The van der Waals surface area contributed by atoms with Crippen molar-refractivity contribution in [2.75, 3.05) is 13.7 Å². The number of aromatic hydroxyl groups is 1. The van der Waals surface area contributed by atoms with E-state index in [1.807, 2.05) is 0 Å². The van der Waals surface area contributed by atoms with E-state index in [-0.39, 0.29) is 5.75 Å². The maximum Gasteiger partial charge on any atom is 0.332 e. The van der Waals surface area contributed by atoms with Crippen LogP contribution in [-0.4, -0.2) is 77.4 Å². The molecule has 1 aromatic rings. The number of hydrogen-bond donors (Lipinski definition) is 2. The maximum absolute atomic E-state index is 13.1. The van der Waals surface area contributed by atoms with Gasteiger partial charge in [0, 0.05) is 12.3 Å². The second kappa shape index (κ2) is 12.6. The standard InChI is InChI=1S/C25H34N2O11/c1-12(2)22(31)37-20-13(3)36-24(33)15(27-21(30)18-19(29)16(34-7)8-9-26-18)11-35-23(32)14(20)10-17(28)38-25(4,5)6/h8-9,12-15,20,29H,10-11H2,1-7H3,(H,27,30). The van der Waals surface area contributed by atoms with Crippen molar-refractivity contribution in [2.24, 2.45) is 11.8 Å². The predicted molar refractivity (Wildman–Crippen MR) is 129 cm³/mol. The van der Waals surface area contributed by atoms with E-state index >= 15 is 0 Å². The number of ether oxygens (including phenoxy) is 5. The zero-order chi connectivity index (χ0) is 28.8. The molecule has 1 aliphatic rings. The number of cyclic esters (lactones) is 2. The summed E-state index contributed by atoms with van der Waals surface area (Å²) in [5.41, 5.74) is -1.29. The summed E-state index contributed by atoms with van der Waals surface area (Å²) < 4.78 is 26.4. The number of amides is 1.